The van der Waals surface area contributed by atoms with E-state index in [9.17, 15) is 0 Å². The number of nitrogens with zero attached hydrogens (tertiary/aromatic N) is 3. The number of aryl methyl sites for hydroxylation is 1. The molecular formula is C13H18N4OS. The Bertz CT molecular complexity index is 533. The highest BCUT2D eigenvalue weighted by Crippen LogP contribution is 2.09. The molecular weight excluding hydrogens is 260 g/mol. The number of aromatic nitrogens is 1. The highest BCUT2D eigenvalue weighted by molar-refractivity contribution is 7.09. The van der Waals surface area contributed by atoms with Crippen LogP contribution in [0.25, 0.3) is 0 Å². The minimum absolute atomic E-state index is 0.698. The molecule has 0 saturated heterocycles. The number of hydrogen-bond donors (Lipinski definition) is 1. The predicted molar refractivity (Wildman–Crippen MR) is 77.2 cm³/mol. The molecule has 19 heavy (non-hydrogen) atoms. The van der Waals surface area contributed by atoms with Crippen LogP contribution in [0.4, 0.5) is 0 Å². The number of nitrogens with one attached hydrogen (secondary N) is 1. The summed E-state index contributed by atoms with van der Waals surface area (Å²) in [7, 11) is 3.78. The minimum Gasteiger partial charge on any atom is -0.472 e. The van der Waals surface area contributed by atoms with Crippen LogP contribution in [0.2, 0.25) is 0 Å². The molecule has 102 valence electrons. The second-order valence-corrected chi connectivity index (χ2v) is 5.31. The van der Waals surface area contributed by atoms with Crippen LogP contribution in [0.5, 0.6) is 0 Å². The summed E-state index contributed by atoms with van der Waals surface area (Å²) in [5.74, 6) is 0.840. The standard InChI is InChI=1S/C13H18N4OS/c1-10-16-12(9-19-10)7-17(3)13(14-2)15-6-11-4-5-18-8-11/h4-5,8-9H,6-7H2,1-3H3,(H,14,15). The Morgan fingerprint density at radius 3 is 3.00 bits per heavy atom. The Kier molecular flexibility index (Phi) is 4.57. The van der Waals surface area contributed by atoms with Crippen molar-refractivity contribution >= 4 is 17.3 Å². The van der Waals surface area contributed by atoms with Gasteiger partial charge in [0.05, 0.1) is 29.8 Å². The van der Waals surface area contributed by atoms with Crippen LogP contribution in [-0.2, 0) is 13.1 Å². The third-order valence-corrected chi connectivity index (χ3v) is 3.49. The maximum atomic E-state index is 5.04. The lowest BCUT2D eigenvalue weighted by molar-refractivity contribution is 0.470. The van der Waals surface area contributed by atoms with Gasteiger partial charge in [-0.15, -0.1) is 11.3 Å². The van der Waals surface area contributed by atoms with Crippen molar-refractivity contribution in [2.24, 2.45) is 4.99 Å². The van der Waals surface area contributed by atoms with Crippen molar-refractivity contribution < 1.29 is 4.42 Å². The van der Waals surface area contributed by atoms with E-state index in [4.69, 9.17) is 4.42 Å². The second-order valence-electron chi connectivity index (χ2n) is 4.25. The van der Waals surface area contributed by atoms with Gasteiger partial charge in [0.15, 0.2) is 5.96 Å². The summed E-state index contributed by atoms with van der Waals surface area (Å²) in [4.78, 5) is 10.8. The highest BCUT2D eigenvalue weighted by Gasteiger charge is 2.08. The van der Waals surface area contributed by atoms with Crippen molar-refractivity contribution in [2.45, 2.75) is 20.0 Å². The van der Waals surface area contributed by atoms with Crippen LogP contribution in [0, 0.1) is 6.92 Å². The van der Waals surface area contributed by atoms with Gasteiger partial charge in [-0.25, -0.2) is 4.98 Å². The van der Waals surface area contributed by atoms with E-state index < -0.39 is 0 Å². The number of hydrogen-bond acceptors (Lipinski definition) is 4. The molecule has 1 N–H and O–H groups in total. The first kappa shape index (κ1) is 13.6. The molecule has 0 unspecified atom stereocenters. The molecule has 0 bridgehead atoms. The van der Waals surface area contributed by atoms with Gasteiger partial charge in [-0.1, -0.05) is 0 Å². The molecule has 2 rings (SSSR count). The van der Waals surface area contributed by atoms with E-state index >= 15 is 0 Å². The molecule has 6 heteroatoms. The fourth-order valence-electron chi connectivity index (χ4n) is 1.76. The van der Waals surface area contributed by atoms with Crippen LogP contribution in [-0.4, -0.2) is 29.9 Å². The van der Waals surface area contributed by atoms with Crippen molar-refractivity contribution in [2.75, 3.05) is 14.1 Å². The van der Waals surface area contributed by atoms with E-state index in [2.05, 4.69) is 25.6 Å². The van der Waals surface area contributed by atoms with Crippen LogP contribution in [0.3, 0.4) is 0 Å². The van der Waals surface area contributed by atoms with Gasteiger partial charge in [-0.3, -0.25) is 4.99 Å². The molecule has 0 saturated carbocycles. The third-order valence-electron chi connectivity index (χ3n) is 2.67. The lowest BCUT2D eigenvalue weighted by atomic mass is 10.3. The number of thiazole rings is 1. The summed E-state index contributed by atoms with van der Waals surface area (Å²) >= 11 is 1.67. The fourth-order valence-corrected chi connectivity index (χ4v) is 2.36. The van der Waals surface area contributed by atoms with Crippen molar-refractivity contribution in [3.05, 3.63) is 40.2 Å². The first-order valence-electron chi connectivity index (χ1n) is 6.03. The van der Waals surface area contributed by atoms with Crippen molar-refractivity contribution in [1.82, 2.24) is 15.2 Å². The molecule has 0 spiro atoms. The average Bonchev–Trinajstić information content (AvgIpc) is 3.02. The lowest BCUT2D eigenvalue weighted by Crippen LogP contribution is -2.38. The molecule has 0 aliphatic carbocycles. The van der Waals surface area contributed by atoms with Gasteiger partial charge in [0.2, 0.25) is 0 Å². The van der Waals surface area contributed by atoms with Gasteiger partial charge < -0.3 is 14.6 Å². The Labute approximate surface area is 117 Å². The molecule has 5 nitrogen and oxygen atoms in total. The Morgan fingerprint density at radius 2 is 2.42 bits per heavy atom. The zero-order valence-electron chi connectivity index (χ0n) is 11.4. The first-order chi connectivity index (χ1) is 9.19. The van der Waals surface area contributed by atoms with Gasteiger partial charge in [0.1, 0.15) is 0 Å². The Morgan fingerprint density at radius 1 is 1.58 bits per heavy atom. The normalized spacial score (nSPS) is 11.6. The zero-order chi connectivity index (χ0) is 13.7. The number of furan rings is 1. The van der Waals surface area contributed by atoms with Gasteiger partial charge in [0, 0.05) is 31.6 Å². The first-order valence-corrected chi connectivity index (χ1v) is 6.91. The van der Waals surface area contributed by atoms with Crippen molar-refractivity contribution in [3.8, 4) is 0 Å². The number of rotatable bonds is 4. The molecule has 0 aliphatic heterocycles. The molecule has 0 aromatic carbocycles. The van der Waals surface area contributed by atoms with E-state index in [-0.39, 0.29) is 0 Å². The second kappa shape index (κ2) is 6.38. The van der Waals surface area contributed by atoms with Crippen LogP contribution in [0.1, 0.15) is 16.3 Å². The minimum atomic E-state index is 0.698. The van der Waals surface area contributed by atoms with Crippen LogP contribution < -0.4 is 5.32 Å². The molecule has 2 aromatic heterocycles. The number of aliphatic imine (C=N–C) groups is 1. The SMILES string of the molecule is CN=C(NCc1ccoc1)N(C)Cc1csc(C)n1. The quantitative estimate of drug-likeness (QED) is 0.688. The summed E-state index contributed by atoms with van der Waals surface area (Å²) < 4.78 is 5.04. The maximum Gasteiger partial charge on any atom is 0.194 e. The topological polar surface area (TPSA) is 53.7 Å². The van der Waals surface area contributed by atoms with E-state index in [1.807, 2.05) is 20.0 Å². The van der Waals surface area contributed by atoms with Crippen LogP contribution in [0.15, 0.2) is 33.4 Å². The summed E-state index contributed by atoms with van der Waals surface area (Å²) in [6, 6.07) is 1.93. The van der Waals surface area contributed by atoms with Gasteiger partial charge in [0.25, 0.3) is 0 Å². The van der Waals surface area contributed by atoms with Crippen molar-refractivity contribution in [3.63, 3.8) is 0 Å². The maximum absolute atomic E-state index is 5.04. The molecule has 0 radical (unpaired) electrons. The summed E-state index contributed by atoms with van der Waals surface area (Å²) in [6.45, 7) is 3.46. The highest BCUT2D eigenvalue weighted by atomic mass is 32.1. The van der Waals surface area contributed by atoms with E-state index in [1.165, 1.54) is 0 Å². The number of guanidine groups is 1. The van der Waals surface area contributed by atoms with Crippen molar-refractivity contribution in [1.29, 1.82) is 0 Å². The van der Waals surface area contributed by atoms with E-state index in [0.29, 0.717) is 6.54 Å². The molecule has 0 atom stereocenters. The molecule has 0 fully saturated rings. The zero-order valence-corrected chi connectivity index (χ0v) is 12.2. The van der Waals surface area contributed by atoms with Gasteiger partial charge >= 0.3 is 0 Å². The Hall–Kier alpha value is -1.82. The molecule has 0 aliphatic rings. The monoisotopic (exact) mass is 278 g/mol. The summed E-state index contributed by atoms with van der Waals surface area (Å²) in [6.07, 6.45) is 3.39. The molecule has 2 heterocycles. The summed E-state index contributed by atoms with van der Waals surface area (Å²) in [5, 5.41) is 6.46. The summed E-state index contributed by atoms with van der Waals surface area (Å²) in [5.41, 5.74) is 2.16. The average molecular weight is 278 g/mol. The van der Waals surface area contributed by atoms with Gasteiger partial charge in [-0.2, -0.15) is 0 Å². The van der Waals surface area contributed by atoms with E-state index in [0.717, 1.165) is 28.8 Å². The third kappa shape index (κ3) is 3.82. The Balaban J connectivity index is 1.90. The lowest BCUT2D eigenvalue weighted by Gasteiger charge is -2.20. The van der Waals surface area contributed by atoms with Gasteiger partial charge in [-0.05, 0) is 13.0 Å². The molecule has 0 amide bonds. The fraction of sp³-hybridized carbons (Fsp3) is 0.385. The predicted octanol–water partition coefficient (Wildman–Crippen LogP) is 2.25. The smallest absolute Gasteiger partial charge is 0.194 e. The van der Waals surface area contributed by atoms with Crippen LogP contribution >= 0.6 is 11.3 Å². The largest absolute Gasteiger partial charge is 0.472 e. The van der Waals surface area contributed by atoms with E-state index in [1.54, 1.807) is 30.9 Å². The molecule has 2 aromatic rings.